The van der Waals surface area contributed by atoms with Gasteiger partial charge in [0.05, 0.1) is 31.7 Å². The lowest BCUT2D eigenvalue weighted by atomic mass is 10.1. The molecule has 7 N–H and O–H groups in total. The average molecular weight is 574 g/mol. The summed E-state index contributed by atoms with van der Waals surface area (Å²) in [5.41, 5.74) is -0.321. The maximum atomic E-state index is 12.2. The van der Waals surface area contributed by atoms with Crippen LogP contribution < -0.4 is 5.49 Å². The summed E-state index contributed by atoms with van der Waals surface area (Å²) in [7, 11) is -10.4. The van der Waals surface area contributed by atoms with Crippen LogP contribution in [0.15, 0.2) is 6.33 Å². The van der Waals surface area contributed by atoms with Gasteiger partial charge in [0, 0.05) is 5.92 Å². The number of imidazole rings is 1. The zero-order valence-electron chi connectivity index (χ0n) is 18.0. The predicted molar refractivity (Wildman–Crippen MR) is 114 cm³/mol. The van der Waals surface area contributed by atoms with Gasteiger partial charge < -0.3 is 39.5 Å². The first-order chi connectivity index (χ1) is 16.8. The number of hydrogen-bond acceptors (Lipinski definition) is 13. The van der Waals surface area contributed by atoms with E-state index >= 15 is 0 Å². The number of halogens is 1. The van der Waals surface area contributed by atoms with Crippen molar-refractivity contribution in [2.24, 2.45) is 5.92 Å². The largest absolute Gasteiger partial charge is 0.481 e. The molecule has 0 amide bonds. The number of ether oxygens (including phenoxy) is 1. The minimum Gasteiger partial charge on any atom is -0.390 e. The Bertz CT molecular complexity index is 1340. The second-order valence-corrected chi connectivity index (χ2v) is 12.0. The second-order valence-electron chi connectivity index (χ2n) is 8.62. The van der Waals surface area contributed by atoms with Crippen LogP contribution in [0.1, 0.15) is 18.7 Å². The van der Waals surface area contributed by atoms with Crippen molar-refractivity contribution in [2.75, 3.05) is 13.2 Å². The number of nitrogens with one attached hydrogen (secondary N) is 1. The summed E-state index contributed by atoms with van der Waals surface area (Å²) in [4.78, 5) is 28.1. The fraction of sp³-hybridized carbons (Fsp3) is 0.688. The third-order valence-electron chi connectivity index (χ3n) is 6.41. The zero-order chi connectivity index (χ0) is 26.2. The number of aliphatic hydroxyl groups excluding tert-OH is 4. The number of fused-ring (bicyclic) bond motifs is 7. The van der Waals surface area contributed by atoms with Crippen molar-refractivity contribution in [2.45, 2.75) is 49.2 Å². The van der Waals surface area contributed by atoms with E-state index in [4.69, 9.17) is 26.3 Å². The Labute approximate surface area is 206 Å². The van der Waals surface area contributed by atoms with Gasteiger partial charge in [0.2, 0.25) is 5.28 Å². The van der Waals surface area contributed by atoms with Gasteiger partial charge in [0.25, 0.3) is 0 Å². The van der Waals surface area contributed by atoms with Crippen LogP contribution in [0, 0.1) is 11.3 Å². The molecule has 4 aliphatic rings. The summed E-state index contributed by atoms with van der Waals surface area (Å²) >= 11 is 6.25. The first kappa shape index (κ1) is 26.3. The van der Waals surface area contributed by atoms with Crippen LogP contribution in [-0.4, -0.2) is 93.0 Å². The highest BCUT2D eigenvalue weighted by molar-refractivity contribution is 7.61. The van der Waals surface area contributed by atoms with Crippen molar-refractivity contribution in [1.29, 1.82) is 5.41 Å². The van der Waals surface area contributed by atoms with Crippen molar-refractivity contribution < 1.29 is 57.4 Å². The van der Waals surface area contributed by atoms with E-state index in [0.717, 1.165) is 4.57 Å². The number of aliphatic hydroxyl groups is 4. The van der Waals surface area contributed by atoms with E-state index in [1.54, 1.807) is 0 Å². The van der Waals surface area contributed by atoms with E-state index in [1.807, 2.05) is 0 Å². The minimum atomic E-state index is -5.24. The fourth-order valence-electron chi connectivity index (χ4n) is 4.61. The maximum absolute atomic E-state index is 12.2. The summed E-state index contributed by atoms with van der Waals surface area (Å²) in [6, 6.07) is -0.938. The second kappa shape index (κ2) is 9.17. The molecule has 5 heterocycles. The molecule has 17 nitrogen and oxygen atoms in total. The minimum absolute atomic E-state index is 0.00881. The molecule has 36 heavy (non-hydrogen) atoms. The fourth-order valence-corrected chi connectivity index (χ4v) is 7.01. The van der Waals surface area contributed by atoms with Gasteiger partial charge in [-0.15, -0.1) is 0 Å². The number of hydrogen-bond donors (Lipinski definition) is 7. The zero-order valence-corrected chi connectivity index (χ0v) is 20.6. The van der Waals surface area contributed by atoms with E-state index < -0.39 is 77.6 Å². The topological polar surface area (TPSA) is 252 Å². The van der Waals surface area contributed by atoms with Crippen molar-refractivity contribution >= 4 is 38.4 Å². The van der Waals surface area contributed by atoms with E-state index in [9.17, 15) is 39.3 Å². The summed E-state index contributed by atoms with van der Waals surface area (Å²) in [5, 5.41) is 50.3. The monoisotopic (exact) mass is 573 g/mol. The lowest BCUT2D eigenvalue weighted by Gasteiger charge is -2.21. The summed E-state index contributed by atoms with van der Waals surface area (Å²) in [6.45, 7) is -1.52. The molecule has 2 aromatic heterocycles. The number of rotatable bonds is 0. The van der Waals surface area contributed by atoms with E-state index in [0.29, 0.717) is 0 Å². The first-order valence-corrected chi connectivity index (χ1v) is 13.9. The molecule has 1 saturated carbocycles. The molecular formula is C16H22ClN5O12P2. The van der Waals surface area contributed by atoms with Gasteiger partial charge in [-0.1, -0.05) is 0 Å². The number of phosphoric acid groups is 2. The van der Waals surface area contributed by atoms with Gasteiger partial charge in [0.15, 0.2) is 22.9 Å². The molecule has 2 unspecified atom stereocenters. The molecule has 10 atom stereocenters. The molecule has 8 bridgehead atoms. The SMILES string of the molecule is N=c1c2nc(Cl)n3c2ncn1[C@@H]1C[C@H](COP(=O)(O)OP(=O)(O)OC[C@H]2O[C@@H]3[C@H](O)[C@@H]2O)[C@@H](O)[C@H]1O. The van der Waals surface area contributed by atoms with Crippen molar-refractivity contribution in [3.05, 3.63) is 17.1 Å². The van der Waals surface area contributed by atoms with Crippen LogP contribution in [0.5, 0.6) is 0 Å². The third kappa shape index (κ3) is 4.47. The Hall–Kier alpha value is -1.30. The van der Waals surface area contributed by atoms with Crippen LogP contribution in [-0.2, 0) is 27.2 Å². The molecule has 0 radical (unpaired) electrons. The molecule has 200 valence electrons. The Kier molecular flexibility index (Phi) is 6.70. The van der Waals surface area contributed by atoms with Gasteiger partial charge >= 0.3 is 15.6 Å². The van der Waals surface area contributed by atoms with Gasteiger partial charge in [-0.05, 0) is 18.0 Å². The van der Waals surface area contributed by atoms with Gasteiger partial charge in [0.1, 0.15) is 24.4 Å². The van der Waals surface area contributed by atoms with Crippen molar-refractivity contribution in [3.8, 4) is 0 Å². The van der Waals surface area contributed by atoms with Crippen molar-refractivity contribution in [1.82, 2.24) is 19.1 Å². The Morgan fingerprint density at radius 3 is 2.39 bits per heavy atom. The molecule has 0 aromatic carbocycles. The van der Waals surface area contributed by atoms with Crippen LogP contribution in [0.2, 0.25) is 5.28 Å². The number of aromatic nitrogens is 4. The molecule has 1 aliphatic carbocycles. The lowest BCUT2D eigenvalue weighted by molar-refractivity contribution is -0.0503. The number of nitrogens with zero attached hydrogens (tertiary/aromatic N) is 4. The molecule has 20 heteroatoms. The normalized spacial score (nSPS) is 43.8. The average Bonchev–Trinajstić information content (AvgIpc) is 3.37. The van der Waals surface area contributed by atoms with Gasteiger partial charge in [-0.2, -0.15) is 4.31 Å². The molecule has 1 saturated heterocycles. The summed E-state index contributed by atoms with van der Waals surface area (Å²) in [5.74, 6) is -0.940. The molecule has 0 spiro atoms. The standard InChI is InChI=1S/C16H22ClN5O12P2/c17-16-20-8-13(18)21-4-19-14(8)22(16)15-12(26)11(25)7(33-15)3-32-36(29,30)34-35(27,28)31-2-5-1-6(21)10(24)9(5)23/h4-7,9-12,15,18,23-26H,1-3H2,(H,27,28)(H,29,30)/t5-,6-,7-,9-,10+,11-,12-,15-/m1/s1. The van der Waals surface area contributed by atoms with Gasteiger partial charge in [-0.25, -0.2) is 19.1 Å². The first-order valence-electron chi connectivity index (χ1n) is 10.5. The van der Waals surface area contributed by atoms with Crippen LogP contribution in [0.4, 0.5) is 0 Å². The molecule has 6 rings (SSSR count). The smallest absolute Gasteiger partial charge is 0.390 e. The van der Waals surface area contributed by atoms with Crippen molar-refractivity contribution in [3.63, 3.8) is 0 Å². The predicted octanol–water partition coefficient (Wildman–Crippen LogP) is -1.47. The molecule has 2 fully saturated rings. The Morgan fingerprint density at radius 1 is 1.03 bits per heavy atom. The van der Waals surface area contributed by atoms with E-state index in [-0.39, 0.29) is 28.4 Å². The summed E-state index contributed by atoms with van der Waals surface area (Å²) in [6.07, 6.45) is -7.93. The molecule has 2 aromatic rings. The third-order valence-corrected chi connectivity index (χ3v) is 9.28. The van der Waals surface area contributed by atoms with Gasteiger partial charge in [-0.3, -0.25) is 19.0 Å². The Morgan fingerprint density at radius 2 is 1.69 bits per heavy atom. The molecular weight excluding hydrogens is 552 g/mol. The molecule has 3 aliphatic heterocycles. The highest BCUT2D eigenvalue weighted by Crippen LogP contribution is 2.61. The summed E-state index contributed by atoms with van der Waals surface area (Å²) < 4.78 is 46.0. The van der Waals surface area contributed by atoms with Crippen LogP contribution >= 0.6 is 27.2 Å². The Balaban J connectivity index is 1.61. The highest BCUT2D eigenvalue weighted by atomic mass is 35.5. The maximum Gasteiger partial charge on any atom is 0.481 e. The highest BCUT2D eigenvalue weighted by Gasteiger charge is 2.48. The van der Waals surface area contributed by atoms with Crippen LogP contribution in [0.25, 0.3) is 11.2 Å². The lowest BCUT2D eigenvalue weighted by Crippen LogP contribution is -2.35. The van der Waals surface area contributed by atoms with Crippen LogP contribution in [0.3, 0.4) is 0 Å². The van der Waals surface area contributed by atoms with E-state index in [2.05, 4.69) is 18.8 Å². The number of phosphoric ester groups is 2. The quantitative estimate of drug-likeness (QED) is 0.140. The van der Waals surface area contributed by atoms with E-state index in [1.165, 1.54) is 10.9 Å².